The molecule has 1 saturated carbocycles. The van der Waals surface area contributed by atoms with E-state index in [1.807, 2.05) is 0 Å². The van der Waals surface area contributed by atoms with Gasteiger partial charge in [0, 0.05) is 25.2 Å². The number of carbonyl (C=O) groups excluding carboxylic acids is 1. The number of hydrogen-bond acceptors (Lipinski definition) is 6. The van der Waals surface area contributed by atoms with Crippen LogP contribution in [0.1, 0.15) is 38.2 Å². The quantitative estimate of drug-likeness (QED) is 0.529. The molecule has 2 aliphatic rings. The Hall–Kier alpha value is -2.45. The van der Waals surface area contributed by atoms with E-state index in [2.05, 4.69) is 20.2 Å². The highest BCUT2D eigenvalue weighted by molar-refractivity contribution is 6.30. The summed E-state index contributed by atoms with van der Waals surface area (Å²) in [5.41, 5.74) is 0.313. The number of anilines is 1. The molecule has 184 valence electrons. The zero-order valence-electron chi connectivity index (χ0n) is 19.4. The van der Waals surface area contributed by atoms with Crippen molar-refractivity contribution in [2.24, 2.45) is 17.8 Å². The van der Waals surface area contributed by atoms with Crippen LogP contribution in [-0.4, -0.2) is 53.3 Å². The second-order valence-corrected chi connectivity index (χ2v) is 9.84. The van der Waals surface area contributed by atoms with E-state index in [1.165, 1.54) is 12.5 Å². The summed E-state index contributed by atoms with van der Waals surface area (Å²) >= 11 is 5.88. The van der Waals surface area contributed by atoms with E-state index in [0.717, 1.165) is 50.1 Å². The van der Waals surface area contributed by atoms with Crippen molar-refractivity contribution in [3.63, 3.8) is 0 Å². The van der Waals surface area contributed by atoms with Crippen LogP contribution in [0.3, 0.4) is 0 Å². The van der Waals surface area contributed by atoms with Crippen LogP contribution in [-0.2, 0) is 11.2 Å². The van der Waals surface area contributed by atoms with Gasteiger partial charge >= 0.3 is 0 Å². The van der Waals surface area contributed by atoms with Crippen molar-refractivity contribution in [2.75, 3.05) is 31.2 Å². The van der Waals surface area contributed by atoms with Crippen molar-refractivity contribution in [1.82, 2.24) is 15.3 Å². The number of nitrogens with one attached hydrogen (secondary N) is 1. The number of carbonyl (C=O) groups is 1. The fraction of sp³-hybridized carbons (Fsp3) is 0.560. The lowest BCUT2D eigenvalue weighted by atomic mass is 9.90. The molecule has 0 bridgehead atoms. The fourth-order valence-electron chi connectivity index (χ4n) is 4.81. The first-order valence-electron chi connectivity index (χ1n) is 12.0. The number of aromatic nitrogens is 2. The van der Waals surface area contributed by atoms with Gasteiger partial charge in [0.15, 0.2) is 0 Å². The minimum Gasteiger partial charge on any atom is -0.493 e. The van der Waals surface area contributed by atoms with E-state index in [4.69, 9.17) is 21.4 Å². The lowest BCUT2D eigenvalue weighted by Crippen LogP contribution is -2.36. The van der Waals surface area contributed by atoms with Crippen LogP contribution < -0.4 is 15.0 Å². The molecule has 2 unspecified atom stereocenters. The van der Waals surface area contributed by atoms with Gasteiger partial charge < -0.3 is 20.1 Å². The second-order valence-electron chi connectivity index (χ2n) is 9.40. The molecule has 1 amide bonds. The monoisotopic (exact) mass is 490 g/mol. The van der Waals surface area contributed by atoms with Crippen LogP contribution >= 0.6 is 11.6 Å². The van der Waals surface area contributed by atoms with Crippen molar-refractivity contribution < 1.29 is 19.0 Å². The summed E-state index contributed by atoms with van der Waals surface area (Å²) < 4.78 is 20.2. The third-order valence-electron chi connectivity index (χ3n) is 6.83. The summed E-state index contributed by atoms with van der Waals surface area (Å²) in [6, 6.07) is 4.29. The number of piperidine rings is 1. The largest absolute Gasteiger partial charge is 0.493 e. The molecule has 1 aliphatic heterocycles. The van der Waals surface area contributed by atoms with Crippen molar-refractivity contribution in [3.8, 4) is 5.75 Å². The first kappa shape index (κ1) is 24.7. The predicted octanol–water partition coefficient (Wildman–Crippen LogP) is 3.63. The first-order chi connectivity index (χ1) is 16.4. The van der Waals surface area contributed by atoms with Crippen LogP contribution in [0.4, 0.5) is 10.3 Å². The van der Waals surface area contributed by atoms with Gasteiger partial charge in [-0.1, -0.05) is 17.7 Å². The average Bonchev–Trinajstić information content (AvgIpc) is 3.61. The lowest BCUT2D eigenvalue weighted by molar-refractivity contribution is -0.121. The Kier molecular flexibility index (Phi) is 8.21. The van der Waals surface area contributed by atoms with Crippen molar-refractivity contribution in [2.45, 2.75) is 45.1 Å². The normalized spacial score (nSPS) is 21.2. The number of amides is 1. The fourth-order valence-corrected chi connectivity index (χ4v) is 4.91. The van der Waals surface area contributed by atoms with Gasteiger partial charge in [-0.25, -0.2) is 14.4 Å². The van der Waals surface area contributed by atoms with E-state index in [-0.39, 0.29) is 25.0 Å². The van der Waals surface area contributed by atoms with Gasteiger partial charge in [0.25, 0.3) is 0 Å². The van der Waals surface area contributed by atoms with E-state index in [0.29, 0.717) is 28.9 Å². The maximum Gasteiger partial charge on any atom is 0.225 e. The average molecular weight is 491 g/mol. The minimum atomic E-state index is -0.454. The van der Waals surface area contributed by atoms with E-state index in [1.54, 1.807) is 31.5 Å². The molecular formula is C25H32ClFN4O3. The van der Waals surface area contributed by atoms with Crippen LogP contribution in [0.5, 0.6) is 5.75 Å². The Bertz CT molecular complexity index is 969. The number of rotatable bonds is 10. The number of aliphatic hydroxyl groups is 1. The molecule has 1 aromatic carbocycles. The molecule has 2 N–H and O–H groups in total. The van der Waals surface area contributed by atoms with Gasteiger partial charge in [0.05, 0.1) is 37.1 Å². The predicted molar refractivity (Wildman–Crippen MR) is 128 cm³/mol. The van der Waals surface area contributed by atoms with Gasteiger partial charge in [-0.05, 0) is 62.0 Å². The topological polar surface area (TPSA) is 87.6 Å². The highest BCUT2D eigenvalue weighted by Crippen LogP contribution is 2.49. The molecule has 7 nitrogen and oxygen atoms in total. The number of ether oxygens (including phenoxy) is 1. The summed E-state index contributed by atoms with van der Waals surface area (Å²) in [6.45, 7) is 4.03. The smallest absolute Gasteiger partial charge is 0.225 e. The summed E-state index contributed by atoms with van der Waals surface area (Å²) in [5.74, 6) is 2.61. The zero-order chi connectivity index (χ0) is 24.1. The summed E-state index contributed by atoms with van der Waals surface area (Å²) in [4.78, 5) is 22.8. The summed E-state index contributed by atoms with van der Waals surface area (Å²) in [6.07, 6.45) is 7.71. The Morgan fingerprint density at radius 2 is 2.06 bits per heavy atom. The van der Waals surface area contributed by atoms with Crippen molar-refractivity contribution in [3.05, 3.63) is 47.0 Å². The van der Waals surface area contributed by atoms with Crippen LogP contribution in [0, 0.1) is 23.6 Å². The Labute approximate surface area is 204 Å². The minimum absolute atomic E-state index is 0.0663. The molecule has 34 heavy (non-hydrogen) atoms. The molecule has 2 fully saturated rings. The van der Waals surface area contributed by atoms with Gasteiger partial charge in [0.2, 0.25) is 11.9 Å². The van der Waals surface area contributed by atoms with E-state index in [9.17, 15) is 9.18 Å². The number of nitrogens with zero attached hydrogens (tertiary/aromatic N) is 3. The molecule has 9 heteroatoms. The van der Waals surface area contributed by atoms with Crippen molar-refractivity contribution in [1.29, 1.82) is 0 Å². The number of benzene rings is 1. The van der Waals surface area contributed by atoms with Gasteiger partial charge in [-0.3, -0.25) is 4.79 Å². The maximum absolute atomic E-state index is 14.4. The molecule has 1 saturated heterocycles. The molecule has 2 aromatic rings. The molecule has 2 heterocycles. The highest BCUT2D eigenvalue weighted by Gasteiger charge is 2.43. The molecule has 1 aromatic heterocycles. The third kappa shape index (κ3) is 6.57. The van der Waals surface area contributed by atoms with E-state index >= 15 is 0 Å². The Morgan fingerprint density at radius 1 is 1.32 bits per heavy atom. The maximum atomic E-state index is 14.4. The van der Waals surface area contributed by atoms with E-state index < -0.39 is 5.82 Å². The lowest BCUT2D eigenvalue weighted by Gasteiger charge is -2.32. The van der Waals surface area contributed by atoms with Crippen LogP contribution in [0.25, 0.3) is 0 Å². The summed E-state index contributed by atoms with van der Waals surface area (Å²) in [7, 11) is 0. The highest BCUT2D eigenvalue weighted by atomic mass is 35.5. The Balaban J connectivity index is 1.16. The molecule has 3 atom stereocenters. The number of hydrogen-bond donors (Lipinski definition) is 2. The standard InChI is InChI=1S/C25H32ClFN4O3/c1-16(15-32)30-24(33)11-19-2-3-21(12-23(19)27)34-9-6-18-10-22(18)17-4-7-31(8-5-17)25-28-13-20(26)14-29-25/h2-3,12-14,16-18,22,32H,4-11,15H2,1H3,(H,30,33)/t16?,18-,22?/m1/s1. The third-order valence-corrected chi connectivity index (χ3v) is 7.02. The van der Waals surface area contributed by atoms with Crippen LogP contribution in [0.15, 0.2) is 30.6 Å². The zero-order valence-corrected chi connectivity index (χ0v) is 20.2. The van der Waals surface area contributed by atoms with Gasteiger partial charge in [-0.15, -0.1) is 0 Å². The summed E-state index contributed by atoms with van der Waals surface area (Å²) in [5, 5.41) is 12.2. The van der Waals surface area contributed by atoms with Gasteiger partial charge in [0.1, 0.15) is 11.6 Å². The molecule has 0 spiro atoms. The second kappa shape index (κ2) is 11.3. The first-order valence-corrected chi connectivity index (χ1v) is 12.3. The van der Waals surface area contributed by atoms with Gasteiger partial charge in [-0.2, -0.15) is 0 Å². The molecular weight excluding hydrogens is 459 g/mol. The van der Waals surface area contributed by atoms with Crippen molar-refractivity contribution >= 4 is 23.5 Å². The number of halogens is 2. The number of aliphatic hydroxyl groups excluding tert-OH is 1. The Morgan fingerprint density at radius 3 is 2.74 bits per heavy atom. The SMILES string of the molecule is CC(CO)NC(=O)Cc1ccc(OCC[C@@H]2CC2C2CCN(c3ncc(Cl)cn3)CC2)cc1F. The van der Waals surface area contributed by atoms with Crippen LogP contribution in [0.2, 0.25) is 5.02 Å². The molecule has 1 aliphatic carbocycles. The molecule has 0 radical (unpaired) electrons. The molecule has 4 rings (SSSR count).